The number of urea groups is 1. The second kappa shape index (κ2) is 8.75. The minimum Gasteiger partial charge on any atom is -0.372 e. The van der Waals surface area contributed by atoms with Crippen LogP contribution in [0.3, 0.4) is 0 Å². The van der Waals surface area contributed by atoms with Crippen molar-refractivity contribution in [3.63, 3.8) is 0 Å². The third-order valence-electron chi connectivity index (χ3n) is 4.89. The van der Waals surface area contributed by atoms with Crippen molar-refractivity contribution >= 4 is 17.4 Å². The first-order valence-corrected chi connectivity index (χ1v) is 9.56. The fraction of sp³-hybridized carbons (Fsp3) is 0.409. The molecule has 0 aromatic heterocycles. The molecular formula is C22H29N3O. The zero-order valence-corrected chi connectivity index (χ0v) is 15.7. The van der Waals surface area contributed by atoms with E-state index in [1.807, 2.05) is 26.0 Å². The SMILES string of the molecule is CC(C)NC(=O)Nc1ccc(N2CCC(Cc3ccccc3)CC2)cc1. The Morgan fingerprint density at radius 2 is 1.69 bits per heavy atom. The van der Waals surface area contributed by atoms with E-state index < -0.39 is 0 Å². The highest BCUT2D eigenvalue weighted by Gasteiger charge is 2.19. The van der Waals surface area contributed by atoms with E-state index in [1.54, 1.807) is 0 Å². The molecule has 2 N–H and O–H groups in total. The molecule has 4 nitrogen and oxygen atoms in total. The molecular weight excluding hydrogens is 322 g/mol. The van der Waals surface area contributed by atoms with Crippen LogP contribution in [-0.2, 0) is 6.42 Å². The number of amides is 2. The average molecular weight is 351 g/mol. The van der Waals surface area contributed by atoms with Crippen molar-refractivity contribution in [1.29, 1.82) is 0 Å². The lowest BCUT2D eigenvalue weighted by Gasteiger charge is -2.33. The van der Waals surface area contributed by atoms with Gasteiger partial charge < -0.3 is 15.5 Å². The molecule has 138 valence electrons. The van der Waals surface area contributed by atoms with Crippen LogP contribution in [0.15, 0.2) is 54.6 Å². The van der Waals surface area contributed by atoms with E-state index in [0.29, 0.717) is 0 Å². The molecule has 0 bridgehead atoms. The Morgan fingerprint density at radius 1 is 1.04 bits per heavy atom. The van der Waals surface area contributed by atoms with Gasteiger partial charge >= 0.3 is 6.03 Å². The fourth-order valence-corrected chi connectivity index (χ4v) is 3.53. The van der Waals surface area contributed by atoms with Gasteiger partial charge in [-0.1, -0.05) is 30.3 Å². The standard InChI is InChI=1S/C22H29N3O/c1-17(2)23-22(26)24-20-8-10-21(11-9-20)25-14-12-19(13-15-25)16-18-6-4-3-5-7-18/h3-11,17,19H,12-16H2,1-2H3,(H2,23,24,26). The van der Waals surface area contributed by atoms with Crippen LogP contribution >= 0.6 is 0 Å². The van der Waals surface area contributed by atoms with E-state index in [9.17, 15) is 4.79 Å². The van der Waals surface area contributed by atoms with Gasteiger partial charge in [0.1, 0.15) is 0 Å². The lowest BCUT2D eigenvalue weighted by atomic mass is 9.90. The maximum Gasteiger partial charge on any atom is 0.319 e. The summed E-state index contributed by atoms with van der Waals surface area (Å²) in [6.45, 7) is 6.09. The number of carbonyl (C=O) groups is 1. The van der Waals surface area contributed by atoms with Gasteiger partial charge in [-0.05, 0) is 68.9 Å². The largest absolute Gasteiger partial charge is 0.372 e. The molecule has 1 aliphatic heterocycles. The van der Waals surface area contributed by atoms with Crippen molar-refractivity contribution in [2.24, 2.45) is 5.92 Å². The van der Waals surface area contributed by atoms with Crippen LogP contribution < -0.4 is 15.5 Å². The molecule has 0 unspecified atom stereocenters. The molecule has 2 aromatic rings. The predicted octanol–water partition coefficient (Wildman–Crippen LogP) is 4.68. The highest BCUT2D eigenvalue weighted by Crippen LogP contribution is 2.26. The summed E-state index contributed by atoms with van der Waals surface area (Å²) in [5.74, 6) is 0.773. The van der Waals surface area contributed by atoms with Crippen LogP contribution in [0.5, 0.6) is 0 Å². The van der Waals surface area contributed by atoms with Gasteiger partial charge in [0.25, 0.3) is 0 Å². The van der Waals surface area contributed by atoms with E-state index in [-0.39, 0.29) is 12.1 Å². The Kier molecular flexibility index (Phi) is 6.16. The molecule has 1 heterocycles. The van der Waals surface area contributed by atoms with E-state index in [4.69, 9.17) is 0 Å². The van der Waals surface area contributed by atoms with Crippen molar-refractivity contribution in [3.05, 3.63) is 60.2 Å². The number of benzene rings is 2. The van der Waals surface area contributed by atoms with Gasteiger partial charge in [-0.25, -0.2) is 4.79 Å². The summed E-state index contributed by atoms with van der Waals surface area (Å²) in [5, 5.41) is 5.70. The summed E-state index contributed by atoms with van der Waals surface area (Å²) in [6.07, 6.45) is 3.64. The summed E-state index contributed by atoms with van der Waals surface area (Å²) < 4.78 is 0. The number of nitrogens with zero attached hydrogens (tertiary/aromatic N) is 1. The molecule has 2 amide bonds. The lowest BCUT2D eigenvalue weighted by Crippen LogP contribution is -2.34. The maximum atomic E-state index is 11.8. The van der Waals surface area contributed by atoms with Crippen molar-refractivity contribution in [2.75, 3.05) is 23.3 Å². The number of rotatable bonds is 5. The van der Waals surface area contributed by atoms with Crippen LogP contribution in [0.25, 0.3) is 0 Å². The van der Waals surface area contributed by atoms with E-state index in [0.717, 1.165) is 24.7 Å². The van der Waals surface area contributed by atoms with Crippen LogP contribution in [-0.4, -0.2) is 25.2 Å². The summed E-state index contributed by atoms with van der Waals surface area (Å²) in [7, 11) is 0. The third-order valence-corrected chi connectivity index (χ3v) is 4.89. The summed E-state index contributed by atoms with van der Waals surface area (Å²) in [4.78, 5) is 14.2. The lowest BCUT2D eigenvalue weighted by molar-refractivity contribution is 0.250. The van der Waals surface area contributed by atoms with Gasteiger partial charge in [0.2, 0.25) is 0 Å². The number of hydrogen-bond donors (Lipinski definition) is 2. The molecule has 0 aliphatic carbocycles. The van der Waals surface area contributed by atoms with Gasteiger partial charge in [0, 0.05) is 30.5 Å². The first kappa shape index (κ1) is 18.3. The van der Waals surface area contributed by atoms with E-state index >= 15 is 0 Å². The van der Waals surface area contributed by atoms with Gasteiger partial charge in [0.05, 0.1) is 0 Å². The van der Waals surface area contributed by atoms with Crippen molar-refractivity contribution < 1.29 is 4.79 Å². The number of nitrogens with one attached hydrogen (secondary N) is 2. The number of anilines is 2. The summed E-state index contributed by atoms with van der Waals surface area (Å²) in [6, 6.07) is 18.9. The molecule has 0 spiro atoms. The Morgan fingerprint density at radius 3 is 2.31 bits per heavy atom. The zero-order chi connectivity index (χ0) is 18.4. The highest BCUT2D eigenvalue weighted by atomic mass is 16.2. The van der Waals surface area contributed by atoms with Crippen LogP contribution in [0.4, 0.5) is 16.2 Å². The minimum absolute atomic E-state index is 0.131. The molecule has 0 saturated carbocycles. The number of carbonyl (C=O) groups excluding carboxylic acids is 1. The van der Waals surface area contributed by atoms with Crippen molar-refractivity contribution in [1.82, 2.24) is 5.32 Å². The molecule has 1 aliphatic rings. The fourth-order valence-electron chi connectivity index (χ4n) is 3.53. The first-order valence-electron chi connectivity index (χ1n) is 9.56. The molecule has 1 fully saturated rings. The van der Waals surface area contributed by atoms with E-state index in [1.165, 1.54) is 30.5 Å². The van der Waals surface area contributed by atoms with Gasteiger partial charge in [0.15, 0.2) is 0 Å². The average Bonchev–Trinajstić information content (AvgIpc) is 2.63. The Hall–Kier alpha value is -2.49. The van der Waals surface area contributed by atoms with Crippen molar-refractivity contribution in [2.45, 2.75) is 39.2 Å². The van der Waals surface area contributed by atoms with Gasteiger partial charge in [-0.2, -0.15) is 0 Å². The summed E-state index contributed by atoms with van der Waals surface area (Å²) >= 11 is 0. The Bertz CT molecular complexity index is 689. The normalized spacial score (nSPS) is 15.1. The first-order chi connectivity index (χ1) is 12.6. The maximum absolute atomic E-state index is 11.8. The van der Waals surface area contributed by atoms with Gasteiger partial charge in [-0.15, -0.1) is 0 Å². The Labute approximate surface area is 156 Å². The van der Waals surface area contributed by atoms with Crippen molar-refractivity contribution in [3.8, 4) is 0 Å². The molecule has 4 heteroatoms. The molecule has 1 saturated heterocycles. The third kappa shape index (κ3) is 5.25. The molecule has 0 atom stereocenters. The molecule has 26 heavy (non-hydrogen) atoms. The number of hydrogen-bond acceptors (Lipinski definition) is 2. The molecule has 3 rings (SSSR count). The Balaban J connectivity index is 1.49. The second-order valence-corrected chi connectivity index (χ2v) is 7.42. The second-order valence-electron chi connectivity index (χ2n) is 7.42. The molecule has 0 radical (unpaired) electrons. The quantitative estimate of drug-likeness (QED) is 0.822. The molecule has 2 aromatic carbocycles. The zero-order valence-electron chi connectivity index (χ0n) is 15.7. The predicted molar refractivity (Wildman–Crippen MR) is 109 cm³/mol. The monoisotopic (exact) mass is 351 g/mol. The smallest absolute Gasteiger partial charge is 0.319 e. The van der Waals surface area contributed by atoms with Gasteiger partial charge in [-0.3, -0.25) is 0 Å². The van der Waals surface area contributed by atoms with Crippen LogP contribution in [0.1, 0.15) is 32.3 Å². The summed E-state index contributed by atoms with van der Waals surface area (Å²) in [5.41, 5.74) is 3.50. The van der Waals surface area contributed by atoms with Crippen LogP contribution in [0, 0.1) is 5.92 Å². The topological polar surface area (TPSA) is 44.4 Å². The van der Waals surface area contributed by atoms with Crippen LogP contribution in [0.2, 0.25) is 0 Å². The highest BCUT2D eigenvalue weighted by molar-refractivity contribution is 5.89. The minimum atomic E-state index is -0.158. The number of piperidine rings is 1. The van der Waals surface area contributed by atoms with E-state index in [2.05, 4.69) is 58.0 Å².